The van der Waals surface area contributed by atoms with Crippen molar-refractivity contribution in [2.24, 2.45) is 0 Å². The molecule has 0 saturated carbocycles. The molecule has 0 atom stereocenters. The molecule has 2 heterocycles. The number of nitrogens with one attached hydrogen (secondary N) is 1. The molecule has 1 aliphatic rings. The van der Waals surface area contributed by atoms with Crippen molar-refractivity contribution in [2.75, 3.05) is 33.3 Å². The summed E-state index contributed by atoms with van der Waals surface area (Å²) >= 11 is 0. The van der Waals surface area contributed by atoms with Crippen LogP contribution in [-0.2, 0) is 6.54 Å². The molecule has 1 N–H and O–H groups in total. The standard InChI is InChI=1S/C14H19N5O/c1-20-13-5-3-2-4-12(13)19-11-16-17-14(19)10-18-8-6-15-7-9-18/h2-5,11,15H,6-10H2,1H3. The summed E-state index contributed by atoms with van der Waals surface area (Å²) in [7, 11) is 1.68. The fourth-order valence-electron chi connectivity index (χ4n) is 2.47. The van der Waals surface area contributed by atoms with Crippen LogP contribution >= 0.6 is 0 Å². The molecule has 1 aromatic carbocycles. The summed E-state index contributed by atoms with van der Waals surface area (Å²) in [6, 6.07) is 7.92. The molecule has 0 spiro atoms. The van der Waals surface area contributed by atoms with Gasteiger partial charge < -0.3 is 10.1 Å². The van der Waals surface area contributed by atoms with Crippen molar-refractivity contribution in [3.8, 4) is 11.4 Å². The second-order valence-electron chi connectivity index (χ2n) is 4.82. The van der Waals surface area contributed by atoms with Crippen LogP contribution in [0.1, 0.15) is 5.82 Å². The van der Waals surface area contributed by atoms with Gasteiger partial charge in [-0.2, -0.15) is 0 Å². The SMILES string of the molecule is COc1ccccc1-n1cnnc1CN1CCNCC1. The second kappa shape index (κ2) is 6.02. The maximum absolute atomic E-state index is 5.41. The van der Waals surface area contributed by atoms with Gasteiger partial charge in [-0.3, -0.25) is 9.47 Å². The second-order valence-corrected chi connectivity index (χ2v) is 4.82. The van der Waals surface area contributed by atoms with Crippen LogP contribution in [0.25, 0.3) is 5.69 Å². The quantitative estimate of drug-likeness (QED) is 0.888. The minimum absolute atomic E-state index is 0.805. The van der Waals surface area contributed by atoms with Crippen LogP contribution in [0, 0.1) is 0 Å². The average molecular weight is 273 g/mol. The molecule has 6 heteroatoms. The first-order valence-electron chi connectivity index (χ1n) is 6.84. The Morgan fingerprint density at radius 2 is 2.05 bits per heavy atom. The van der Waals surface area contributed by atoms with E-state index in [0.717, 1.165) is 50.0 Å². The molecule has 1 saturated heterocycles. The first-order valence-corrected chi connectivity index (χ1v) is 6.84. The predicted octanol–water partition coefficient (Wildman–Crippen LogP) is 0.681. The smallest absolute Gasteiger partial charge is 0.151 e. The van der Waals surface area contributed by atoms with Gasteiger partial charge in [0.15, 0.2) is 5.82 Å². The van der Waals surface area contributed by atoms with E-state index in [9.17, 15) is 0 Å². The summed E-state index contributed by atoms with van der Waals surface area (Å²) in [6.07, 6.45) is 1.75. The van der Waals surface area contributed by atoms with Crippen LogP contribution in [-0.4, -0.2) is 53.0 Å². The Morgan fingerprint density at radius 1 is 1.25 bits per heavy atom. The molecular formula is C14H19N5O. The largest absolute Gasteiger partial charge is 0.495 e. The van der Waals surface area contributed by atoms with E-state index in [1.807, 2.05) is 28.8 Å². The fraction of sp³-hybridized carbons (Fsp3) is 0.429. The first-order chi connectivity index (χ1) is 9.88. The topological polar surface area (TPSA) is 55.2 Å². The van der Waals surface area contributed by atoms with Crippen molar-refractivity contribution in [1.82, 2.24) is 25.0 Å². The van der Waals surface area contributed by atoms with Crippen LogP contribution in [0.2, 0.25) is 0 Å². The third kappa shape index (κ3) is 2.66. The Hall–Kier alpha value is -1.92. The van der Waals surface area contributed by atoms with Crippen molar-refractivity contribution < 1.29 is 4.74 Å². The molecule has 0 unspecified atom stereocenters. The molecule has 2 aromatic rings. The molecule has 0 aliphatic carbocycles. The summed E-state index contributed by atoms with van der Waals surface area (Å²) in [5.74, 6) is 1.77. The van der Waals surface area contributed by atoms with Gasteiger partial charge in [-0.15, -0.1) is 10.2 Å². The Kier molecular flexibility index (Phi) is 3.94. The highest BCUT2D eigenvalue weighted by Crippen LogP contribution is 2.23. The van der Waals surface area contributed by atoms with Gasteiger partial charge in [0.05, 0.1) is 19.3 Å². The third-order valence-electron chi connectivity index (χ3n) is 3.54. The highest BCUT2D eigenvalue weighted by atomic mass is 16.5. The van der Waals surface area contributed by atoms with Gasteiger partial charge in [0.2, 0.25) is 0 Å². The maximum atomic E-state index is 5.41. The van der Waals surface area contributed by atoms with E-state index >= 15 is 0 Å². The van der Waals surface area contributed by atoms with E-state index < -0.39 is 0 Å². The van der Waals surface area contributed by atoms with Crippen molar-refractivity contribution in [1.29, 1.82) is 0 Å². The van der Waals surface area contributed by atoms with E-state index in [2.05, 4.69) is 20.4 Å². The van der Waals surface area contributed by atoms with Crippen molar-refractivity contribution >= 4 is 0 Å². The summed E-state index contributed by atoms with van der Waals surface area (Å²) in [6.45, 7) is 4.95. The zero-order chi connectivity index (χ0) is 13.8. The molecule has 20 heavy (non-hydrogen) atoms. The number of nitrogens with zero attached hydrogens (tertiary/aromatic N) is 4. The monoisotopic (exact) mass is 273 g/mol. The molecule has 6 nitrogen and oxygen atoms in total. The first kappa shape index (κ1) is 13.1. The molecular weight excluding hydrogens is 254 g/mol. The number of rotatable bonds is 4. The molecule has 106 valence electrons. The number of hydrogen-bond donors (Lipinski definition) is 1. The maximum Gasteiger partial charge on any atom is 0.151 e. The fourth-order valence-corrected chi connectivity index (χ4v) is 2.47. The van der Waals surface area contributed by atoms with E-state index in [1.165, 1.54) is 0 Å². The molecule has 1 fully saturated rings. The lowest BCUT2D eigenvalue weighted by molar-refractivity contribution is 0.226. The van der Waals surface area contributed by atoms with Gasteiger partial charge in [0.25, 0.3) is 0 Å². The average Bonchev–Trinajstić information content (AvgIpc) is 2.96. The van der Waals surface area contributed by atoms with Crippen LogP contribution < -0.4 is 10.1 Å². The van der Waals surface area contributed by atoms with Crippen LogP contribution in [0.5, 0.6) is 5.75 Å². The van der Waals surface area contributed by atoms with Gasteiger partial charge in [0, 0.05) is 26.2 Å². The zero-order valence-corrected chi connectivity index (χ0v) is 11.6. The number of ether oxygens (including phenoxy) is 1. The summed E-state index contributed by atoms with van der Waals surface area (Å²) in [5, 5.41) is 11.7. The Bertz CT molecular complexity index is 562. The van der Waals surface area contributed by atoms with E-state index in [-0.39, 0.29) is 0 Å². The lowest BCUT2D eigenvalue weighted by atomic mass is 10.3. The number of aromatic nitrogens is 3. The van der Waals surface area contributed by atoms with Gasteiger partial charge >= 0.3 is 0 Å². The molecule has 0 amide bonds. The predicted molar refractivity (Wildman–Crippen MR) is 76.1 cm³/mol. The van der Waals surface area contributed by atoms with Crippen LogP contribution in [0.15, 0.2) is 30.6 Å². The molecule has 0 bridgehead atoms. The van der Waals surface area contributed by atoms with E-state index in [1.54, 1.807) is 13.4 Å². The lowest BCUT2D eigenvalue weighted by Crippen LogP contribution is -2.43. The van der Waals surface area contributed by atoms with Crippen LogP contribution in [0.4, 0.5) is 0 Å². The summed E-state index contributed by atoms with van der Waals surface area (Å²) in [5.41, 5.74) is 0.977. The Balaban J connectivity index is 1.85. The van der Waals surface area contributed by atoms with Crippen molar-refractivity contribution in [3.63, 3.8) is 0 Å². The minimum Gasteiger partial charge on any atom is -0.495 e. The van der Waals surface area contributed by atoms with Crippen molar-refractivity contribution in [3.05, 3.63) is 36.4 Å². The third-order valence-corrected chi connectivity index (χ3v) is 3.54. The van der Waals surface area contributed by atoms with Gasteiger partial charge in [-0.1, -0.05) is 12.1 Å². The minimum atomic E-state index is 0.805. The number of benzene rings is 1. The lowest BCUT2D eigenvalue weighted by Gasteiger charge is -2.26. The molecule has 1 aliphatic heterocycles. The summed E-state index contributed by atoms with van der Waals surface area (Å²) in [4.78, 5) is 2.38. The molecule has 1 aromatic heterocycles. The van der Waals surface area contributed by atoms with E-state index in [0.29, 0.717) is 0 Å². The van der Waals surface area contributed by atoms with Crippen molar-refractivity contribution in [2.45, 2.75) is 6.54 Å². The van der Waals surface area contributed by atoms with Gasteiger partial charge in [0.1, 0.15) is 12.1 Å². The Morgan fingerprint density at radius 3 is 2.85 bits per heavy atom. The normalized spacial score (nSPS) is 16.2. The molecule has 0 radical (unpaired) electrons. The number of para-hydroxylation sites is 2. The van der Waals surface area contributed by atoms with Gasteiger partial charge in [-0.05, 0) is 12.1 Å². The number of hydrogen-bond acceptors (Lipinski definition) is 5. The highest BCUT2D eigenvalue weighted by molar-refractivity contribution is 5.46. The molecule has 3 rings (SSSR count). The zero-order valence-electron chi connectivity index (χ0n) is 11.6. The highest BCUT2D eigenvalue weighted by Gasteiger charge is 2.15. The summed E-state index contributed by atoms with van der Waals surface area (Å²) < 4.78 is 7.41. The number of piperazine rings is 1. The Labute approximate surface area is 118 Å². The van der Waals surface area contributed by atoms with E-state index in [4.69, 9.17) is 4.74 Å². The van der Waals surface area contributed by atoms with Crippen LogP contribution in [0.3, 0.4) is 0 Å². The van der Waals surface area contributed by atoms with Gasteiger partial charge in [-0.25, -0.2) is 0 Å². The number of methoxy groups -OCH3 is 1.